The van der Waals surface area contributed by atoms with E-state index in [0.29, 0.717) is 13.0 Å². The molecular formula is C12H21F2N3O. The van der Waals surface area contributed by atoms with Crippen molar-refractivity contribution in [3.8, 4) is 0 Å². The molecule has 1 atom stereocenters. The SMILES string of the molecule is CCNC(CCOCC(F)F)c1cnn(CC)c1. The lowest BCUT2D eigenvalue weighted by molar-refractivity contribution is 0.0144. The summed E-state index contributed by atoms with van der Waals surface area (Å²) in [6.45, 7) is 5.49. The zero-order chi connectivity index (χ0) is 13.4. The van der Waals surface area contributed by atoms with E-state index in [-0.39, 0.29) is 6.04 Å². The highest BCUT2D eigenvalue weighted by Gasteiger charge is 2.12. The van der Waals surface area contributed by atoms with Crippen LogP contribution in [0.1, 0.15) is 31.9 Å². The molecule has 0 spiro atoms. The third kappa shape index (κ3) is 5.10. The molecule has 0 aliphatic heterocycles. The second-order valence-corrected chi connectivity index (χ2v) is 3.99. The molecule has 1 heterocycles. The fourth-order valence-electron chi connectivity index (χ4n) is 1.74. The van der Waals surface area contributed by atoms with E-state index in [4.69, 9.17) is 4.74 Å². The third-order valence-electron chi connectivity index (χ3n) is 2.62. The Bertz CT molecular complexity index is 331. The first-order valence-electron chi connectivity index (χ1n) is 6.29. The van der Waals surface area contributed by atoms with Crippen molar-refractivity contribution >= 4 is 0 Å². The molecule has 1 aromatic rings. The largest absolute Gasteiger partial charge is 0.375 e. The van der Waals surface area contributed by atoms with Crippen LogP contribution in [0.3, 0.4) is 0 Å². The number of alkyl halides is 2. The van der Waals surface area contributed by atoms with Crippen molar-refractivity contribution in [2.24, 2.45) is 0 Å². The van der Waals surface area contributed by atoms with Gasteiger partial charge in [-0.3, -0.25) is 4.68 Å². The number of hydrogen-bond donors (Lipinski definition) is 1. The maximum Gasteiger partial charge on any atom is 0.261 e. The summed E-state index contributed by atoms with van der Waals surface area (Å²) < 4.78 is 30.6. The van der Waals surface area contributed by atoms with E-state index in [0.717, 1.165) is 18.7 Å². The molecule has 6 heteroatoms. The zero-order valence-electron chi connectivity index (χ0n) is 10.9. The predicted molar refractivity (Wildman–Crippen MR) is 65.8 cm³/mol. The summed E-state index contributed by atoms with van der Waals surface area (Å²) in [6, 6.07) is 0.105. The van der Waals surface area contributed by atoms with Crippen LogP contribution in [0, 0.1) is 0 Å². The minimum absolute atomic E-state index is 0.105. The van der Waals surface area contributed by atoms with Gasteiger partial charge in [-0.05, 0) is 19.9 Å². The highest BCUT2D eigenvalue weighted by Crippen LogP contribution is 2.16. The van der Waals surface area contributed by atoms with Crippen LogP contribution in [0.25, 0.3) is 0 Å². The number of nitrogens with one attached hydrogen (secondary N) is 1. The van der Waals surface area contributed by atoms with Crippen LogP contribution >= 0.6 is 0 Å². The van der Waals surface area contributed by atoms with Gasteiger partial charge in [0.15, 0.2) is 0 Å². The van der Waals surface area contributed by atoms with Crippen LogP contribution in [-0.4, -0.2) is 36.0 Å². The first-order valence-corrected chi connectivity index (χ1v) is 6.29. The van der Waals surface area contributed by atoms with Crippen molar-refractivity contribution in [2.45, 2.75) is 39.3 Å². The second kappa shape index (κ2) is 8.16. The van der Waals surface area contributed by atoms with E-state index in [1.54, 1.807) is 0 Å². The molecule has 0 radical (unpaired) electrons. The summed E-state index contributed by atoms with van der Waals surface area (Å²) in [4.78, 5) is 0. The Morgan fingerprint density at radius 1 is 1.44 bits per heavy atom. The molecule has 0 fully saturated rings. The highest BCUT2D eigenvalue weighted by atomic mass is 19.3. The number of aromatic nitrogens is 2. The molecule has 0 aromatic carbocycles. The first kappa shape index (κ1) is 15.0. The zero-order valence-corrected chi connectivity index (χ0v) is 10.9. The van der Waals surface area contributed by atoms with E-state index in [1.807, 2.05) is 30.9 Å². The van der Waals surface area contributed by atoms with Gasteiger partial charge >= 0.3 is 0 Å². The Morgan fingerprint density at radius 3 is 2.78 bits per heavy atom. The molecule has 1 unspecified atom stereocenters. The van der Waals surface area contributed by atoms with Gasteiger partial charge in [0.2, 0.25) is 0 Å². The standard InChI is InChI=1S/C12H21F2N3O/c1-3-15-11(5-6-18-9-12(13)14)10-7-16-17(4-2)8-10/h7-8,11-12,15H,3-6,9H2,1-2H3. The summed E-state index contributed by atoms with van der Waals surface area (Å²) in [7, 11) is 0. The van der Waals surface area contributed by atoms with Gasteiger partial charge < -0.3 is 10.1 Å². The molecular weight excluding hydrogens is 240 g/mol. The van der Waals surface area contributed by atoms with Gasteiger partial charge in [0.05, 0.1) is 6.20 Å². The summed E-state index contributed by atoms with van der Waals surface area (Å²) >= 11 is 0. The number of nitrogens with zero attached hydrogens (tertiary/aromatic N) is 2. The van der Waals surface area contributed by atoms with Crippen LogP contribution in [-0.2, 0) is 11.3 Å². The smallest absolute Gasteiger partial charge is 0.261 e. The Hall–Kier alpha value is -1.01. The van der Waals surface area contributed by atoms with Crippen molar-refractivity contribution < 1.29 is 13.5 Å². The van der Waals surface area contributed by atoms with Crippen molar-refractivity contribution in [2.75, 3.05) is 19.8 Å². The van der Waals surface area contributed by atoms with Crippen molar-refractivity contribution in [3.63, 3.8) is 0 Å². The summed E-state index contributed by atoms with van der Waals surface area (Å²) in [5.41, 5.74) is 1.07. The second-order valence-electron chi connectivity index (χ2n) is 3.99. The lowest BCUT2D eigenvalue weighted by Gasteiger charge is -2.16. The molecule has 0 amide bonds. The van der Waals surface area contributed by atoms with E-state index in [2.05, 4.69) is 10.4 Å². The monoisotopic (exact) mass is 261 g/mol. The fourth-order valence-corrected chi connectivity index (χ4v) is 1.74. The maximum absolute atomic E-state index is 11.9. The van der Waals surface area contributed by atoms with Crippen molar-refractivity contribution in [1.82, 2.24) is 15.1 Å². The minimum Gasteiger partial charge on any atom is -0.375 e. The normalized spacial score (nSPS) is 13.2. The van der Waals surface area contributed by atoms with Gasteiger partial charge in [0, 0.05) is 31.0 Å². The van der Waals surface area contributed by atoms with E-state index in [1.165, 1.54) is 0 Å². The molecule has 4 nitrogen and oxygen atoms in total. The first-order chi connectivity index (χ1) is 8.67. The van der Waals surface area contributed by atoms with Gasteiger partial charge in [0.25, 0.3) is 6.43 Å². The van der Waals surface area contributed by atoms with Crippen LogP contribution in [0.15, 0.2) is 12.4 Å². The fraction of sp³-hybridized carbons (Fsp3) is 0.750. The average molecular weight is 261 g/mol. The van der Waals surface area contributed by atoms with Crippen molar-refractivity contribution in [3.05, 3.63) is 18.0 Å². The number of hydrogen-bond acceptors (Lipinski definition) is 3. The van der Waals surface area contributed by atoms with Gasteiger partial charge in [-0.2, -0.15) is 5.10 Å². The maximum atomic E-state index is 11.9. The van der Waals surface area contributed by atoms with E-state index < -0.39 is 13.0 Å². The van der Waals surface area contributed by atoms with E-state index in [9.17, 15) is 8.78 Å². The Morgan fingerprint density at radius 2 is 2.22 bits per heavy atom. The Labute approximate surface area is 106 Å². The predicted octanol–water partition coefficient (Wildman–Crippen LogP) is 2.23. The molecule has 0 aliphatic carbocycles. The lowest BCUT2D eigenvalue weighted by atomic mass is 10.1. The van der Waals surface area contributed by atoms with Crippen LogP contribution in [0.5, 0.6) is 0 Å². The van der Waals surface area contributed by atoms with Crippen LogP contribution in [0.4, 0.5) is 8.78 Å². The Kier molecular flexibility index (Phi) is 6.82. The van der Waals surface area contributed by atoms with Gasteiger partial charge in [-0.15, -0.1) is 0 Å². The molecule has 18 heavy (non-hydrogen) atoms. The number of aryl methyl sites for hydroxylation is 1. The van der Waals surface area contributed by atoms with Gasteiger partial charge in [-0.1, -0.05) is 6.92 Å². The summed E-state index contributed by atoms with van der Waals surface area (Å²) in [5.74, 6) is 0. The topological polar surface area (TPSA) is 39.1 Å². The number of halogens is 2. The van der Waals surface area contributed by atoms with Crippen LogP contribution in [0.2, 0.25) is 0 Å². The molecule has 0 saturated heterocycles. The number of ether oxygens (including phenoxy) is 1. The third-order valence-corrected chi connectivity index (χ3v) is 2.62. The summed E-state index contributed by atoms with van der Waals surface area (Å²) in [6.07, 6.45) is 2.05. The summed E-state index contributed by atoms with van der Waals surface area (Å²) in [5, 5.41) is 7.51. The van der Waals surface area contributed by atoms with Gasteiger partial charge in [0.1, 0.15) is 6.61 Å². The van der Waals surface area contributed by atoms with Gasteiger partial charge in [-0.25, -0.2) is 8.78 Å². The molecule has 0 aliphatic rings. The van der Waals surface area contributed by atoms with Crippen molar-refractivity contribution in [1.29, 1.82) is 0 Å². The molecule has 1 N–H and O–H groups in total. The molecule has 104 valence electrons. The average Bonchev–Trinajstić information content (AvgIpc) is 2.81. The number of rotatable bonds is 9. The lowest BCUT2D eigenvalue weighted by Crippen LogP contribution is -2.22. The molecule has 1 rings (SSSR count). The highest BCUT2D eigenvalue weighted by molar-refractivity contribution is 5.10. The molecule has 1 aromatic heterocycles. The quantitative estimate of drug-likeness (QED) is 0.693. The molecule has 0 bridgehead atoms. The molecule has 0 saturated carbocycles. The van der Waals surface area contributed by atoms with E-state index >= 15 is 0 Å². The minimum atomic E-state index is -2.40. The van der Waals surface area contributed by atoms with Crippen LogP contribution < -0.4 is 5.32 Å². The Balaban J connectivity index is 2.43.